The van der Waals surface area contributed by atoms with Gasteiger partial charge in [0.2, 0.25) is 0 Å². The summed E-state index contributed by atoms with van der Waals surface area (Å²) in [5.41, 5.74) is 0.251. The quantitative estimate of drug-likeness (QED) is 0.668. The van der Waals surface area contributed by atoms with Crippen molar-refractivity contribution in [1.29, 1.82) is 0 Å². The molecular weight excluding hydrogens is 296 g/mol. The van der Waals surface area contributed by atoms with Gasteiger partial charge in [-0.05, 0) is 25.6 Å². The highest BCUT2D eigenvalue weighted by Crippen LogP contribution is 2.36. The van der Waals surface area contributed by atoms with Crippen LogP contribution in [0.3, 0.4) is 0 Å². The van der Waals surface area contributed by atoms with Crippen molar-refractivity contribution in [2.75, 3.05) is 20.3 Å². The molecule has 2 heterocycles. The van der Waals surface area contributed by atoms with Crippen LogP contribution in [0.5, 0.6) is 0 Å². The maximum atomic E-state index is 11.6. The molecule has 1 aromatic rings. The maximum Gasteiger partial charge on any atom is 0.254 e. The molecule has 0 aliphatic carbocycles. The normalized spacial score (nSPS) is 29.0. The lowest BCUT2D eigenvalue weighted by Gasteiger charge is -2.22. The van der Waals surface area contributed by atoms with Crippen LogP contribution in [-0.2, 0) is 9.47 Å². The molecule has 8 heteroatoms. The lowest BCUT2D eigenvalue weighted by molar-refractivity contribution is -0.0481. The molecule has 0 saturated carbocycles. The van der Waals surface area contributed by atoms with Crippen molar-refractivity contribution in [3.8, 4) is 0 Å². The molecule has 1 aliphatic heterocycles. The minimum atomic E-state index is -0.815. The first-order chi connectivity index (χ1) is 9.99. The highest BCUT2D eigenvalue weighted by atomic mass is 32.1. The average molecular weight is 316 g/mol. The van der Waals surface area contributed by atoms with E-state index in [0.717, 1.165) is 0 Å². The molecule has 2 rings (SSSR count). The van der Waals surface area contributed by atoms with Crippen molar-refractivity contribution in [1.82, 2.24) is 9.55 Å². The Morgan fingerprint density at radius 2 is 2.29 bits per heavy atom. The maximum absolute atomic E-state index is 11.6. The van der Waals surface area contributed by atoms with E-state index < -0.39 is 18.4 Å². The largest absolute Gasteiger partial charge is 0.394 e. The van der Waals surface area contributed by atoms with Crippen LogP contribution < -0.4 is 5.56 Å². The van der Waals surface area contributed by atoms with Gasteiger partial charge in [-0.25, -0.2) is 0 Å². The molecule has 21 heavy (non-hydrogen) atoms. The van der Waals surface area contributed by atoms with E-state index in [4.69, 9.17) is 21.7 Å². The number of hydrogen-bond donors (Lipinski definition) is 3. The molecule has 4 atom stereocenters. The molecule has 1 fully saturated rings. The van der Waals surface area contributed by atoms with E-state index in [0.29, 0.717) is 18.6 Å². The summed E-state index contributed by atoms with van der Waals surface area (Å²) in [4.78, 5) is 14.1. The molecule has 0 amide bonds. The van der Waals surface area contributed by atoms with E-state index in [1.807, 2.05) is 0 Å². The molecule has 0 aromatic carbocycles. The third-order valence-corrected chi connectivity index (χ3v) is 4.07. The SMILES string of the molecule is COCCC1C(O)[C@@H](CO)O[C@H]1n1cc(C)c(=O)[nH]c1=S. The van der Waals surface area contributed by atoms with Crippen LogP contribution >= 0.6 is 12.2 Å². The first kappa shape index (κ1) is 16.3. The monoisotopic (exact) mass is 316 g/mol. The number of aromatic nitrogens is 2. The fourth-order valence-electron chi connectivity index (χ4n) is 2.57. The van der Waals surface area contributed by atoms with E-state index >= 15 is 0 Å². The third-order valence-electron chi connectivity index (χ3n) is 3.76. The zero-order chi connectivity index (χ0) is 15.6. The van der Waals surface area contributed by atoms with Gasteiger partial charge in [-0.3, -0.25) is 14.3 Å². The number of ether oxygens (including phenoxy) is 2. The third kappa shape index (κ3) is 3.24. The van der Waals surface area contributed by atoms with Crippen molar-refractivity contribution >= 4 is 12.2 Å². The van der Waals surface area contributed by atoms with E-state index in [1.54, 1.807) is 24.8 Å². The second kappa shape index (κ2) is 6.80. The van der Waals surface area contributed by atoms with Crippen LogP contribution in [0.1, 0.15) is 18.2 Å². The Hall–Kier alpha value is -1.06. The molecule has 1 saturated heterocycles. The summed E-state index contributed by atoms with van der Waals surface area (Å²) in [6.45, 7) is 1.84. The van der Waals surface area contributed by atoms with E-state index in [-0.39, 0.29) is 22.9 Å². The van der Waals surface area contributed by atoms with Gasteiger partial charge >= 0.3 is 0 Å². The lowest BCUT2D eigenvalue weighted by Crippen LogP contribution is -2.30. The first-order valence-corrected chi connectivity index (χ1v) is 7.15. The van der Waals surface area contributed by atoms with Crippen molar-refractivity contribution in [2.24, 2.45) is 5.92 Å². The number of rotatable bonds is 5. The Morgan fingerprint density at radius 1 is 1.57 bits per heavy atom. The van der Waals surface area contributed by atoms with Gasteiger partial charge in [-0.1, -0.05) is 0 Å². The Morgan fingerprint density at radius 3 is 2.90 bits per heavy atom. The number of methoxy groups -OCH3 is 1. The molecule has 7 nitrogen and oxygen atoms in total. The summed E-state index contributed by atoms with van der Waals surface area (Å²) >= 11 is 5.17. The molecule has 118 valence electrons. The topological polar surface area (TPSA) is 96.7 Å². The lowest BCUT2D eigenvalue weighted by atomic mass is 9.96. The predicted molar refractivity (Wildman–Crippen MR) is 77.6 cm³/mol. The average Bonchev–Trinajstić information content (AvgIpc) is 2.77. The van der Waals surface area contributed by atoms with Gasteiger partial charge in [0, 0.05) is 31.4 Å². The van der Waals surface area contributed by atoms with Crippen LogP contribution in [-0.4, -0.2) is 52.3 Å². The molecular formula is C13H20N2O5S. The van der Waals surface area contributed by atoms with Crippen molar-refractivity contribution in [2.45, 2.75) is 31.8 Å². The minimum absolute atomic E-state index is 0.226. The second-order valence-electron chi connectivity index (χ2n) is 5.16. The number of nitrogens with zero attached hydrogens (tertiary/aromatic N) is 1. The van der Waals surface area contributed by atoms with Gasteiger partial charge in [0.1, 0.15) is 12.3 Å². The summed E-state index contributed by atoms with van der Waals surface area (Å²) in [5, 5.41) is 19.6. The molecule has 0 bridgehead atoms. The van der Waals surface area contributed by atoms with Gasteiger partial charge in [-0.2, -0.15) is 0 Å². The zero-order valence-electron chi connectivity index (χ0n) is 12.0. The highest BCUT2D eigenvalue weighted by molar-refractivity contribution is 7.71. The highest BCUT2D eigenvalue weighted by Gasteiger charge is 2.43. The Kier molecular flexibility index (Phi) is 5.28. The van der Waals surface area contributed by atoms with Crippen molar-refractivity contribution < 1.29 is 19.7 Å². The smallest absolute Gasteiger partial charge is 0.254 e. The Balaban J connectivity index is 2.37. The van der Waals surface area contributed by atoms with Crippen LogP contribution in [0.25, 0.3) is 0 Å². The number of aliphatic hydroxyl groups is 2. The van der Waals surface area contributed by atoms with Crippen molar-refractivity contribution in [3.63, 3.8) is 0 Å². The van der Waals surface area contributed by atoms with E-state index in [9.17, 15) is 15.0 Å². The van der Waals surface area contributed by atoms with Crippen LogP contribution in [0, 0.1) is 17.6 Å². The first-order valence-electron chi connectivity index (χ1n) is 6.75. The van der Waals surface area contributed by atoms with Gasteiger partial charge < -0.3 is 19.7 Å². The number of aromatic amines is 1. The van der Waals surface area contributed by atoms with Gasteiger partial charge in [0.05, 0.1) is 12.7 Å². The standard InChI is InChI=1S/C13H20N2O5S/c1-7-5-15(13(21)14-11(7)18)12-8(3-4-19-2)10(17)9(6-16)20-12/h5,8-10,12,16-17H,3-4,6H2,1-2H3,(H,14,18,21)/t8?,9-,10?,12-/m1/s1. The summed E-state index contributed by atoms with van der Waals surface area (Å²) in [6, 6.07) is 0. The molecule has 3 N–H and O–H groups in total. The van der Waals surface area contributed by atoms with E-state index in [1.165, 1.54) is 0 Å². The fraction of sp³-hybridized carbons (Fsp3) is 0.692. The number of aryl methyl sites for hydroxylation is 1. The van der Waals surface area contributed by atoms with Gasteiger partial charge in [0.25, 0.3) is 5.56 Å². The number of nitrogens with one attached hydrogen (secondary N) is 1. The number of aliphatic hydroxyl groups excluding tert-OH is 2. The molecule has 0 spiro atoms. The fourth-order valence-corrected chi connectivity index (χ4v) is 2.82. The van der Waals surface area contributed by atoms with Crippen LogP contribution in [0.4, 0.5) is 0 Å². The molecule has 1 aliphatic rings. The zero-order valence-corrected chi connectivity index (χ0v) is 12.8. The number of H-pyrrole nitrogens is 1. The minimum Gasteiger partial charge on any atom is -0.394 e. The van der Waals surface area contributed by atoms with Crippen molar-refractivity contribution in [3.05, 3.63) is 26.9 Å². The Labute approximate surface area is 127 Å². The molecule has 0 radical (unpaired) electrons. The summed E-state index contributed by atoms with van der Waals surface area (Å²) < 4.78 is 12.6. The number of hydrogen-bond acceptors (Lipinski definition) is 6. The van der Waals surface area contributed by atoms with Gasteiger partial charge in [-0.15, -0.1) is 0 Å². The summed E-state index contributed by atoms with van der Waals surface area (Å²) in [5.74, 6) is -0.279. The van der Waals surface area contributed by atoms with E-state index in [2.05, 4.69) is 4.98 Å². The van der Waals surface area contributed by atoms with Crippen LogP contribution in [0.15, 0.2) is 11.0 Å². The second-order valence-corrected chi connectivity index (χ2v) is 5.55. The van der Waals surface area contributed by atoms with Crippen LogP contribution in [0.2, 0.25) is 0 Å². The van der Waals surface area contributed by atoms with Gasteiger partial charge in [0.15, 0.2) is 4.77 Å². The summed E-state index contributed by atoms with van der Waals surface area (Å²) in [6.07, 6.45) is 0.127. The molecule has 2 unspecified atom stereocenters. The summed E-state index contributed by atoms with van der Waals surface area (Å²) in [7, 11) is 1.58. The predicted octanol–water partition coefficient (Wildman–Crippen LogP) is 0.118. The molecule has 1 aromatic heterocycles. The Bertz CT molecular complexity index is 599.